The van der Waals surface area contributed by atoms with Crippen LogP contribution in [-0.4, -0.2) is 195 Å². The van der Waals surface area contributed by atoms with Crippen molar-refractivity contribution in [2.75, 3.05) is 19.6 Å². The summed E-state index contributed by atoms with van der Waals surface area (Å²) in [6.45, 7) is 13.4. The first-order chi connectivity index (χ1) is 45.4. The monoisotopic (exact) mass is 1320 g/mol. The molecule has 0 saturated carbocycles. The van der Waals surface area contributed by atoms with Gasteiger partial charge in [0.15, 0.2) is 0 Å². The molecule has 0 bridgehead atoms. The average Bonchev–Trinajstić information content (AvgIpc) is 1.80. The van der Waals surface area contributed by atoms with E-state index in [2.05, 4.69) is 67.1 Å². The Morgan fingerprint density at radius 3 is 1.58 bits per heavy atom. The third kappa shape index (κ3) is 23.0. The van der Waals surface area contributed by atoms with Gasteiger partial charge in [-0.2, -0.15) is 0 Å². The fourth-order valence-corrected chi connectivity index (χ4v) is 12.0. The maximum atomic E-state index is 14.8. The van der Waals surface area contributed by atoms with Crippen LogP contribution in [0.5, 0.6) is 0 Å². The first kappa shape index (κ1) is 75.2. The lowest BCUT2D eigenvalue weighted by atomic mass is 9.89. The summed E-state index contributed by atoms with van der Waals surface area (Å²) in [6, 6.07) is -1.26. The summed E-state index contributed by atoms with van der Waals surface area (Å²) >= 11 is 0. The first-order valence-corrected chi connectivity index (χ1v) is 33.1. The number of H-pyrrole nitrogens is 3. The summed E-state index contributed by atoms with van der Waals surface area (Å²) in [5.74, 6) is -8.19. The number of nitrogens with two attached hydrogens (primary N) is 2. The van der Waals surface area contributed by atoms with Gasteiger partial charge in [-0.25, -0.2) is 15.0 Å². The molecule has 4 aromatic rings. The number of hydrogen-bond donors (Lipinski definition) is 14. The molecular formula is C66H99N17O12. The number of unbranched alkanes of at least 4 members (excludes halogenated alkanes) is 1. The number of aliphatic hydroxyl groups excluding tert-OH is 2. The van der Waals surface area contributed by atoms with Crippen LogP contribution in [0.25, 0.3) is 0 Å². The minimum Gasteiger partial charge on any atom is -0.388 e. The number of benzene rings is 1. The molecule has 2 fully saturated rings. The molecular weight excluding hydrogens is 1220 g/mol. The molecule has 16 N–H and O–H groups in total. The van der Waals surface area contributed by atoms with Gasteiger partial charge in [-0.3, -0.25) is 47.9 Å². The molecule has 95 heavy (non-hydrogen) atoms. The predicted octanol–water partition coefficient (Wildman–Crippen LogP) is 0.169. The lowest BCUT2D eigenvalue weighted by Crippen LogP contribution is -2.60. The van der Waals surface area contributed by atoms with E-state index in [0.29, 0.717) is 74.3 Å². The normalized spacial score (nSPS) is 18.3. The van der Waals surface area contributed by atoms with E-state index in [1.54, 1.807) is 37.3 Å². The van der Waals surface area contributed by atoms with Gasteiger partial charge in [0.25, 0.3) is 0 Å². The zero-order valence-electron chi connectivity index (χ0n) is 55.6. The van der Waals surface area contributed by atoms with Crippen molar-refractivity contribution in [3.8, 4) is 0 Å². The summed E-state index contributed by atoms with van der Waals surface area (Å²) in [5, 5.41) is 43.6. The van der Waals surface area contributed by atoms with E-state index in [-0.39, 0.29) is 75.7 Å². The van der Waals surface area contributed by atoms with Crippen molar-refractivity contribution in [1.29, 1.82) is 0 Å². The molecule has 4 unspecified atom stereocenters. The van der Waals surface area contributed by atoms with Gasteiger partial charge >= 0.3 is 0 Å². The number of carbonyl (C=O) groups is 10. The molecule has 2 aliphatic rings. The number of carbonyl (C=O) groups excluding carboxylic acids is 10. The summed E-state index contributed by atoms with van der Waals surface area (Å²) in [7, 11) is 0. The van der Waals surface area contributed by atoms with Crippen LogP contribution in [0.4, 0.5) is 0 Å². The number of aliphatic hydroxyl groups is 2. The number of primary amides is 1. The van der Waals surface area contributed by atoms with Crippen molar-refractivity contribution in [2.45, 2.75) is 205 Å². The Labute approximate surface area is 554 Å². The topological polar surface area (TPSA) is 440 Å². The average molecular weight is 1320 g/mol. The molecule has 6 rings (SSSR count). The number of hydrogen-bond acceptors (Lipinski definition) is 16. The highest BCUT2D eigenvalue weighted by atomic mass is 16.3. The molecule has 0 spiro atoms. The maximum absolute atomic E-state index is 14.8. The molecule has 2 aliphatic heterocycles. The van der Waals surface area contributed by atoms with Crippen LogP contribution in [0.2, 0.25) is 0 Å². The summed E-state index contributed by atoms with van der Waals surface area (Å²) in [4.78, 5) is 164. The molecule has 0 aliphatic carbocycles. The fourth-order valence-electron chi connectivity index (χ4n) is 12.0. The van der Waals surface area contributed by atoms with Gasteiger partial charge < -0.3 is 83.6 Å². The standard InChI is InChI=1S/C66H99N17O12/c1-8-40(6)57(65(94)79-51(30-44-33-70-36-73-44)61(90)75-47(58(68)87)18-12-13-23-67)81-59(88)46(26-38(2)3)55(85)21-22-56(86)48(27-39(4)5)76-62(91)50(29-43-32-69-35-72-43)77-60(89)49(28-42-16-10-9-11-17-42)78-64(93)54-20-15-25-83(54)66(95)52(31-45-34-71-37-74-45)80-63(92)53-19-14-24-82(53)41(7)84/h9-11,16-17,21-22,32-40,46-57,85-86H,8,12-15,18-20,23-31,67H2,1-7H3,(H2,68,87)(H,69,72)(H,70,73)(H,71,74)(H,75,90)(H,76,91)(H,77,89)(H,78,93)(H,79,94)(H,80,92)(H,81,88)/b22-21+/t40-,46?,47-,48?,49-,50-,51-,52-,53-,54-,55?,56?,57-/m0/s1. The minimum atomic E-state index is -1.53. The molecule has 0 radical (unpaired) electrons. The summed E-state index contributed by atoms with van der Waals surface area (Å²) in [6.07, 6.45) is 11.9. The van der Waals surface area contributed by atoms with Crippen LogP contribution >= 0.6 is 0 Å². The van der Waals surface area contributed by atoms with Crippen LogP contribution in [0.1, 0.15) is 135 Å². The molecule has 5 heterocycles. The van der Waals surface area contributed by atoms with Gasteiger partial charge in [-0.15, -0.1) is 0 Å². The Balaban J connectivity index is 1.18. The summed E-state index contributed by atoms with van der Waals surface area (Å²) in [5.41, 5.74) is 13.5. The largest absolute Gasteiger partial charge is 0.388 e. The van der Waals surface area contributed by atoms with Gasteiger partial charge in [-0.05, 0) is 87.6 Å². The zero-order valence-corrected chi connectivity index (χ0v) is 55.6. The van der Waals surface area contributed by atoms with Gasteiger partial charge in [0.05, 0.1) is 43.1 Å². The van der Waals surface area contributed by atoms with E-state index in [9.17, 15) is 58.2 Å². The Bertz CT molecular complexity index is 3150. The molecule has 10 amide bonds. The molecule has 29 nitrogen and oxygen atoms in total. The molecule has 2 saturated heterocycles. The first-order valence-electron chi connectivity index (χ1n) is 33.1. The van der Waals surface area contributed by atoms with Gasteiger partial charge in [-0.1, -0.05) is 90.4 Å². The van der Waals surface area contributed by atoms with E-state index < -0.39 is 132 Å². The van der Waals surface area contributed by atoms with E-state index in [1.807, 2.05) is 34.6 Å². The van der Waals surface area contributed by atoms with Crippen molar-refractivity contribution in [1.82, 2.24) is 76.9 Å². The molecule has 520 valence electrons. The second kappa shape index (κ2) is 37.3. The van der Waals surface area contributed by atoms with Crippen LogP contribution in [0.15, 0.2) is 80.1 Å². The number of nitrogens with one attached hydrogen (secondary N) is 10. The molecule has 13 atom stereocenters. The zero-order chi connectivity index (χ0) is 69.3. The second-order valence-electron chi connectivity index (χ2n) is 25.8. The Morgan fingerprint density at radius 2 is 1.07 bits per heavy atom. The second-order valence-corrected chi connectivity index (χ2v) is 25.8. The number of imidazole rings is 3. The highest BCUT2D eigenvalue weighted by Gasteiger charge is 2.42. The third-order valence-electron chi connectivity index (χ3n) is 17.4. The van der Waals surface area contributed by atoms with Crippen molar-refractivity contribution in [3.05, 3.63) is 103 Å². The van der Waals surface area contributed by atoms with Crippen molar-refractivity contribution in [2.24, 2.45) is 35.1 Å². The highest BCUT2D eigenvalue weighted by molar-refractivity contribution is 5.98. The lowest BCUT2D eigenvalue weighted by molar-refractivity contribution is -0.143. The quantitative estimate of drug-likeness (QED) is 0.0210. The van der Waals surface area contributed by atoms with E-state index in [1.165, 1.54) is 66.4 Å². The summed E-state index contributed by atoms with van der Waals surface area (Å²) < 4.78 is 0. The Hall–Kier alpha value is -8.83. The number of aromatic amines is 3. The molecule has 3 aromatic heterocycles. The number of rotatable bonds is 38. The Kier molecular flexibility index (Phi) is 29.5. The smallest absolute Gasteiger partial charge is 0.246 e. The fraction of sp³-hybridized carbons (Fsp3) is 0.591. The van der Waals surface area contributed by atoms with Crippen molar-refractivity contribution < 1.29 is 58.2 Å². The van der Waals surface area contributed by atoms with Gasteiger partial charge in [0.2, 0.25) is 59.1 Å². The SMILES string of the molecule is CC[C@H](C)[C@H](NC(=O)C(CC(C)C)C(O)/C=C/C(O)C(CC(C)C)NC(=O)[C@H](Cc1cnc[nH]1)NC(=O)[C@H](Cc1ccccc1)NC(=O)[C@@H]1CCCN1C(=O)[C@H](Cc1cnc[nH]1)NC(=O)[C@@H]1CCCN1C(C)=O)C(=O)N[C@@H](Cc1cnc[nH]1)C(=O)N[C@@H](CCCCN)C(N)=O. The van der Waals surface area contributed by atoms with Crippen molar-refractivity contribution in [3.63, 3.8) is 0 Å². The maximum Gasteiger partial charge on any atom is 0.246 e. The number of amides is 10. The van der Waals surface area contributed by atoms with E-state index >= 15 is 0 Å². The van der Waals surface area contributed by atoms with Crippen LogP contribution in [-0.2, 0) is 73.6 Å². The van der Waals surface area contributed by atoms with Gasteiger partial charge in [0.1, 0.15) is 48.3 Å². The van der Waals surface area contributed by atoms with E-state index in [4.69, 9.17) is 11.5 Å². The minimum absolute atomic E-state index is 0.0102. The van der Waals surface area contributed by atoms with E-state index in [0.717, 1.165) is 0 Å². The van der Waals surface area contributed by atoms with Crippen LogP contribution in [0, 0.1) is 23.7 Å². The van der Waals surface area contributed by atoms with Gasteiger partial charge in [0, 0.05) is 81.4 Å². The number of aromatic nitrogens is 6. The number of likely N-dealkylation sites (tertiary alicyclic amines) is 2. The number of nitrogens with zero attached hydrogens (tertiary/aromatic N) is 5. The third-order valence-corrected chi connectivity index (χ3v) is 17.4. The van der Waals surface area contributed by atoms with Crippen LogP contribution < -0.4 is 48.7 Å². The highest BCUT2D eigenvalue weighted by Crippen LogP contribution is 2.24. The lowest BCUT2D eigenvalue weighted by Gasteiger charge is -2.31. The molecule has 29 heteroatoms. The Morgan fingerprint density at radius 1 is 0.589 bits per heavy atom. The predicted molar refractivity (Wildman–Crippen MR) is 351 cm³/mol. The molecule has 1 aromatic carbocycles. The van der Waals surface area contributed by atoms with Crippen molar-refractivity contribution >= 4 is 59.1 Å². The van der Waals surface area contributed by atoms with Crippen LogP contribution in [0.3, 0.4) is 0 Å².